The maximum Gasteiger partial charge on any atom is 0.418 e. The monoisotopic (exact) mass is 330 g/mol. The SMILES string of the molecule is COc1cc(C(=O)CBr)c(Cl)c(C(F)(F)F)c1. The van der Waals surface area contributed by atoms with Crippen LogP contribution in [-0.4, -0.2) is 18.2 Å². The van der Waals surface area contributed by atoms with Crippen LogP contribution in [0.5, 0.6) is 5.75 Å². The number of rotatable bonds is 3. The average molecular weight is 332 g/mol. The molecular formula is C10H7BrClF3O2. The molecule has 1 aromatic carbocycles. The molecule has 0 N–H and O–H groups in total. The lowest BCUT2D eigenvalue weighted by Gasteiger charge is -2.13. The molecule has 1 rings (SSSR count). The number of hydrogen-bond acceptors (Lipinski definition) is 2. The number of ether oxygens (including phenoxy) is 1. The van der Waals surface area contributed by atoms with Crippen LogP contribution in [0.3, 0.4) is 0 Å². The first-order valence-corrected chi connectivity index (χ1v) is 5.85. The summed E-state index contributed by atoms with van der Waals surface area (Å²) in [7, 11) is 1.21. The Balaban J connectivity index is 3.47. The van der Waals surface area contributed by atoms with E-state index in [9.17, 15) is 18.0 Å². The summed E-state index contributed by atoms with van der Waals surface area (Å²) in [5.74, 6) is -0.606. The molecule has 0 unspecified atom stereocenters. The van der Waals surface area contributed by atoms with Gasteiger partial charge in [-0.25, -0.2) is 0 Å². The Labute approximate surface area is 109 Å². The van der Waals surface area contributed by atoms with Crippen LogP contribution in [0.1, 0.15) is 15.9 Å². The number of methoxy groups -OCH3 is 1. The highest BCUT2D eigenvalue weighted by molar-refractivity contribution is 9.09. The summed E-state index contributed by atoms with van der Waals surface area (Å²) in [4.78, 5) is 11.4. The van der Waals surface area contributed by atoms with Crippen LogP contribution in [0.4, 0.5) is 13.2 Å². The van der Waals surface area contributed by atoms with E-state index in [1.807, 2.05) is 0 Å². The third-order valence-electron chi connectivity index (χ3n) is 2.01. The maximum absolute atomic E-state index is 12.6. The fourth-order valence-corrected chi connectivity index (χ4v) is 1.82. The molecule has 1 aromatic rings. The van der Waals surface area contributed by atoms with Crippen LogP contribution in [0.25, 0.3) is 0 Å². The number of hydrogen-bond donors (Lipinski definition) is 0. The second-order valence-corrected chi connectivity index (χ2v) is 4.03. The van der Waals surface area contributed by atoms with Crippen LogP contribution >= 0.6 is 27.5 Å². The Morgan fingerprint density at radius 2 is 2.06 bits per heavy atom. The van der Waals surface area contributed by atoms with E-state index in [0.717, 1.165) is 6.07 Å². The minimum Gasteiger partial charge on any atom is -0.497 e. The Morgan fingerprint density at radius 3 is 2.47 bits per heavy atom. The quantitative estimate of drug-likeness (QED) is 0.619. The number of halogens is 5. The van der Waals surface area contributed by atoms with E-state index < -0.39 is 22.5 Å². The molecule has 0 saturated carbocycles. The maximum atomic E-state index is 12.6. The van der Waals surface area contributed by atoms with E-state index in [0.29, 0.717) is 0 Å². The molecule has 0 heterocycles. The predicted molar refractivity (Wildman–Crippen MR) is 61.1 cm³/mol. The van der Waals surface area contributed by atoms with Crippen LogP contribution in [0.2, 0.25) is 5.02 Å². The largest absolute Gasteiger partial charge is 0.497 e. The van der Waals surface area contributed by atoms with E-state index in [-0.39, 0.29) is 16.6 Å². The van der Waals surface area contributed by atoms with E-state index in [2.05, 4.69) is 15.9 Å². The van der Waals surface area contributed by atoms with Crippen molar-refractivity contribution < 1.29 is 22.7 Å². The molecule has 0 fully saturated rings. The molecule has 7 heteroatoms. The van der Waals surface area contributed by atoms with Crippen molar-refractivity contribution in [1.82, 2.24) is 0 Å². The van der Waals surface area contributed by atoms with Gasteiger partial charge in [-0.1, -0.05) is 27.5 Å². The molecule has 94 valence electrons. The third-order valence-corrected chi connectivity index (χ3v) is 2.93. The molecule has 17 heavy (non-hydrogen) atoms. The zero-order chi connectivity index (χ0) is 13.2. The van der Waals surface area contributed by atoms with Crippen molar-refractivity contribution in [2.75, 3.05) is 12.4 Å². The van der Waals surface area contributed by atoms with E-state index in [1.54, 1.807) is 0 Å². The molecule has 0 aliphatic rings. The van der Waals surface area contributed by atoms with Crippen molar-refractivity contribution in [1.29, 1.82) is 0 Å². The molecular weight excluding hydrogens is 324 g/mol. The lowest BCUT2D eigenvalue weighted by atomic mass is 10.1. The van der Waals surface area contributed by atoms with Crippen molar-refractivity contribution in [3.05, 3.63) is 28.3 Å². The molecule has 0 radical (unpaired) electrons. The summed E-state index contributed by atoms with van der Waals surface area (Å²) in [5.41, 5.74) is -1.29. The second-order valence-electron chi connectivity index (χ2n) is 3.09. The molecule has 2 nitrogen and oxygen atoms in total. The smallest absolute Gasteiger partial charge is 0.418 e. The molecule has 0 bridgehead atoms. The molecule has 0 amide bonds. The Hall–Kier alpha value is -0.750. The summed E-state index contributed by atoms with van der Waals surface area (Å²) in [6, 6.07) is 1.94. The summed E-state index contributed by atoms with van der Waals surface area (Å²) in [6.45, 7) is 0. The third kappa shape index (κ3) is 3.13. The van der Waals surface area contributed by atoms with Gasteiger partial charge in [0.15, 0.2) is 5.78 Å². The Bertz CT molecular complexity index is 446. The van der Waals surface area contributed by atoms with Gasteiger partial charge in [-0.2, -0.15) is 13.2 Å². The highest BCUT2D eigenvalue weighted by Crippen LogP contribution is 2.39. The van der Waals surface area contributed by atoms with Crippen molar-refractivity contribution >= 4 is 33.3 Å². The number of benzene rings is 1. The van der Waals surface area contributed by atoms with Crippen molar-refractivity contribution in [2.45, 2.75) is 6.18 Å². The number of ketones is 1. The van der Waals surface area contributed by atoms with Gasteiger partial charge in [0, 0.05) is 5.56 Å². The summed E-state index contributed by atoms with van der Waals surface area (Å²) < 4.78 is 42.7. The lowest BCUT2D eigenvalue weighted by Crippen LogP contribution is -2.11. The van der Waals surface area contributed by atoms with Crippen LogP contribution in [-0.2, 0) is 6.18 Å². The molecule has 0 saturated heterocycles. The number of alkyl halides is 4. The first kappa shape index (κ1) is 14.3. The normalized spacial score (nSPS) is 11.4. The summed E-state index contributed by atoms with van der Waals surface area (Å²) in [5, 5.41) is -0.722. The van der Waals surface area contributed by atoms with E-state index in [1.165, 1.54) is 13.2 Å². The van der Waals surface area contributed by atoms with Gasteiger partial charge in [-0.15, -0.1) is 0 Å². The number of carbonyl (C=O) groups excluding carboxylic acids is 1. The molecule has 0 atom stereocenters. The van der Waals surface area contributed by atoms with Gasteiger partial charge in [0.05, 0.1) is 23.0 Å². The van der Waals surface area contributed by atoms with E-state index >= 15 is 0 Å². The van der Waals surface area contributed by atoms with Gasteiger partial charge in [-0.3, -0.25) is 4.79 Å². The van der Waals surface area contributed by atoms with Crippen LogP contribution in [0, 0.1) is 0 Å². The first-order valence-electron chi connectivity index (χ1n) is 4.35. The van der Waals surface area contributed by atoms with E-state index in [4.69, 9.17) is 16.3 Å². The molecule has 0 aliphatic heterocycles. The minimum absolute atomic E-state index is 0.0639. The van der Waals surface area contributed by atoms with Gasteiger partial charge >= 0.3 is 6.18 Å². The number of Topliss-reactive ketones (excluding diaryl/α,β-unsaturated/α-hetero) is 1. The molecule has 0 aliphatic carbocycles. The number of carbonyl (C=O) groups is 1. The topological polar surface area (TPSA) is 26.3 Å². The van der Waals surface area contributed by atoms with Crippen molar-refractivity contribution in [3.8, 4) is 5.75 Å². The average Bonchev–Trinajstić information content (AvgIpc) is 2.26. The van der Waals surface area contributed by atoms with Gasteiger partial charge in [0.1, 0.15) is 5.75 Å². The highest BCUT2D eigenvalue weighted by Gasteiger charge is 2.35. The van der Waals surface area contributed by atoms with Gasteiger partial charge in [-0.05, 0) is 12.1 Å². The van der Waals surface area contributed by atoms with Crippen molar-refractivity contribution in [3.63, 3.8) is 0 Å². The Kier molecular flexibility index (Phi) is 4.43. The fraction of sp³-hybridized carbons (Fsp3) is 0.300. The zero-order valence-electron chi connectivity index (χ0n) is 8.57. The fourth-order valence-electron chi connectivity index (χ4n) is 1.20. The van der Waals surface area contributed by atoms with Crippen LogP contribution in [0.15, 0.2) is 12.1 Å². The zero-order valence-corrected chi connectivity index (χ0v) is 10.9. The van der Waals surface area contributed by atoms with Gasteiger partial charge in [0.25, 0.3) is 0 Å². The molecule has 0 spiro atoms. The predicted octanol–water partition coefficient (Wildman–Crippen LogP) is 3.95. The van der Waals surface area contributed by atoms with Gasteiger partial charge in [0.2, 0.25) is 0 Å². The summed E-state index contributed by atoms with van der Waals surface area (Å²) >= 11 is 8.46. The lowest BCUT2D eigenvalue weighted by molar-refractivity contribution is -0.137. The van der Waals surface area contributed by atoms with Crippen LogP contribution < -0.4 is 4.74 Å². The minimum atomic E-state index is -4.63. The summed E-state index contributed by atoms with van der Waals surface area (Å²) in [6.07, 6.45) is -4.63. The Morgan fingerprint density at radius 1 is 1.47 bits per heavy atom. The molecule has 0 aromatic heterocycles. The highest BCUT2D eigenvalue weighted by atomic mass is 79.9. The van der Waals surface area contributed by atoms with Crippen molar-refractivity contribution in [2.24, 2.45) is 0 Å². The second kappa shape index (κ2) is 5.27. The standard InChI is InChI=1S/C10H7BrClF3O2/c1-17-5-2-6(8(16)4-11)9(12)7(3-5)10(13,14)15/h2-3H,4H2,1H3. The first-order chi connectivity index (χ1) is 7.81. The van der Waals surface area contributed by atoms with Gasteiger partial charge < -0.3 is 4.74 Å².